The lowest BCUT2D eigenvalue weighted by Crippen LogP contribution is -2.52. The Morgan fingerprint density at radius 1 is 1.40 bits per heavy atom. The van der Waals surface area contributed by atoms with Gasteiger partial charge in [-0.15, -0.1) is 0 Å². The van der Waals surface area contributed by atoms with Crippen LogP contribution in [0.15, 0.2) is 0 Å². The van der Waals surface area contributed by atoms with Gasteiger partial charge in [-0.1, -0.05) is 6.92 Å². The first kappa shape index (κ1) is 17.4. The molecule has 1 aliphatic rings. The lowest BCUT2D eigenvalue weighted by molar-refractivity contribution is 0.0858. The first-order valence-corrected chi connectivity index (χ1v) is 8.05. The molecule has 20 heavy (non-hydrogen) atoms. The molecule has 1 fully saturated rings. The summed E-state index contributed by atoms with van der Waals surface area (Å²) < 4.78 is 0. The average Bonchev–Trinajstić information content (AvgIpc) is 2.38. The van der Waals surface area contributed by atoms with Crippen LogP contribution in [0.3, 0.4) is 0 Å². The van der Waals surface area contributed by atoms with Gasteiger partial charge in [-0.2, -0.15) is 5.26 Å². The second-order valence-electron chi connectivity index (χ2n) is 6.62. The number of likely N-dealkylation sites (N-methyl/N-ethyl adjacent to an activating group) is 1. The highest BCUT2D eigenvalue weighted by Gasteiger charge is 2.26. The third-order valence-corrected chi connectivity index (χ3v) is 4.26. The van der Waals surface area contributed by atoms with Crippen LogP contribution in [0.4, 0.5) is 0 Å². The van der Waals surface area contributed by atoms with Crippen molar-refractivity contribution in [3.05, 3.63) is 0 Å². The lowest BCUT2D eigenvalue weighted by atomic mass is 9.96. The highest BCUT2D eigenvalue weighted by molar-refractivity contribution is 5.04. The van der Waals surface area contributed by atoms with Crippen molar-refractivity contribution in [2.75, 3.05) is 32.7 Å². The van der Waals surface area contributed by atoms with E-state index < -0.39 is 0 Å². The van der Waals surface area contributed by atoms with Gasteiger partial charge in [0.05, 0.1) is 6.07 Å². The molecule has 1 saturated heterocycles. The molecular weight excluding hydrogens is 248 g/mol. The van der Waals surface area contributed by atoms with Gasteiger partial charge in [-0.3, -0.25) is 10.2 Å². The van der Waals surface area contributed by atoms with E-state index in [1.54, 1.807) is 0 Å². The molecule has 0 saturated carbocycles. The summed E-state index contributed by atoms with van der Waals surface area (Å²) in [6.07, 6.45) is 2.01. The SMILES string of the molecule is CCN1CCN(CCCC(C)(C#N)NC(C)C)CC1C. The summed E-state index contributed by atoms with van der Waals surface area (Å²) in [5.74, 6) is 0. The zero-order valence-corrected chi connectivity index (χ0v) is 13.9. The Morgan fingerprint density at radius 3 is 2.60 bits per heavy atom. The van der Waals surface area contributed by atoms with E-state index in [9.17, 15) is 5.26 Å². The van der Waals surface area contributed by atoms with Crippen molar-refractivity contribution in [3.63, 3.8) is 0 Å². The molecule has 0 bridgehead atoms. The molecule has 0 aromatic heterocycles. The topological polar surface area (TPSA) is 42.3 Å². The maximum absolute atomic E-state index is 9.35. The van der Waals surface area contributed by atoms with Crippen LogP contribution >= 0.6 is 0 Å². The molecule has 2 atom stereocenters. The van der Waals surface area contributed by atoms with Crippen molar-refractivity contribution in [1.29, 1.82) is 5.26 Å². The summed E-state index contributed by atoms with van der Waals surface area (Å²) in [5, 5.41) is 12.7. The van der Waals surface area contributed by atoms with Gasteiger partial charge in [0, 0.05) is 31.7 Å². The number of hydrogen-bond acceptors (Lipinski definition) is 4. The number of rotatable bonds is 7. The van der Waals surface area contributed by atoms with E-state index >= 15 is 0 Å². The van der Waals surface area contributed by atoms with Gasteiger partial charge in [0.2, 0.25) is 0 Å². The van der Waals surface area contributed by atoms with Gasteiger partial charge in [-0.05, 0) is 53.6 Å². The number of nitrogens with zero attached hydrogens (tertiary/aromatic N) is 3. The van der Waals surface area contributed by atoms with E-state index in [1.165, 1.54) is 13.1 Å². The molecule has 4 heteroatoms. The Kier molecular flexibility index (Phi) is 6.94. The molecule has 0 aliphatic carbocycles. The summed E-state index contributed by atoms with van der Waals surface area (Å²) in [6.45, 7) is 16.5. The van der Waals surface area contributed by atoms with E-state index in [0.29, 0.717) is 12.1 Å². The third kappa shape index (κ3) is 5.40. The molecule has 0 radical (unpaired) electrons. The smallest absolute Gasteiger partial charge is 0.104 e. The summed E-state index contributed by atoms with van der Waals surface area (Å²) in [6, 6.07) is 3.45. The number of nitrogens with one attached hydrogen (secondary N) is 1. The zero-order chi connectivity index (χ0) is 15.2. The van der Waals surface area contributed by atoms with Crippen molar-refractivity contribution < 1.29 is 0 Å². The minimum absolute atomic E-state index is 0.354. The van der Waals surface area contributed by atoms with Crippen LogP contribution in [0.2, 0.25) is 0 Å². The summed E-state index contributed by atoms with van der Waals surface area (Å²) in [4.78, 5) is 5.08. The van der Waals surface area contributed by atoms with Crippen molar-refractivity contribution in [2.24, 2.45) is 0 Å². The Labute approximate surface area is 125 Å². The normalized spacial score (nSPS) is 24.6. The Balaban J connectivity index is 2.32. The predicted molar refractivity (Wildman–Crippen MR) is 84.7 cm³/mol. The fraction of sp³-hybridized carbons (Fsp3) is 0.938. The van der Waals surface area contributed by atoms with E-state index in [1.807, 2.05) is 6.92 Å². The second kappa shape index (κ2) is 7.97. The largest absolute Gasteiger partial charge is 0.301 e. The minimum atomic E-state index is -0.384. The zero-order valence-electron chi connectivity index (χ0n) is 13.9. The predicted octanol–water partition coefficient (Wildman–Crippen LogP) is 2.07. The van der Waals surface area contributed by atoms with Crippen molar-refractivity contribution in [2.45, 2.75) is 65.1 Å². The number of hydrogen-bond donors (Lipinski definition) is 1. The standard InChI is InChI=1S/C16H32N4/c1-6-20-11-10-19(12-15(20)4)9-7-8-16(5,13-17)18-14(2)3/h14-15,18H,6-12H2,1-5H3. The quantitative estimate of drug-likeness (QED) is 0.775. The molecular formula is C16H32N4. The van der Waals surface area contributed by atoms with Crippen LogP contribution in [0.25, 0.3) is 0 Å². The van der Waals surface area contributed by atoms with E-state index in [4.69, 9.17) is 0 Å². The molecule has 0 aromatic carbocycles. The van der Waals surface area contributed by atoms with Crippen molar-refractivity contribution in [3.8, 4) is 6.07 Å². The fourth-order valence-electron chi connectivity index (χ4n) is 3.20. The van der Waals surface area contributed by atoms with E-state index in [-0.39, 0.29) is 5.54 Å². The molecule has 0 aromatic rings. The minimum Gasteiger partial charge on any atom is -0.301 e. The Hall–Kier alpha value is -0.630. The Morgan fingerprint density at radius 2 is 2.10 bits per heavy atom. The van der Waals surface area contributed by atoms with Gasteiger partial charge in [0.25, 0.3) is 0 Å². The van der Waals surface area contributed by atoms with Crippen LogP contribution in [0, 0.1) is 11.3 Å². The number of nitriles is 1. The maximum atomic E-state index is 9.35. The maximum Gasteiger partial charge on any atom is 0.104 e. The van der Waals surface area contributed by atoms with Crippen LogP contribution in [0.1, 0.15) is 47.5 Å². The monoisotopic (exact) mass is 280 g/mol. The van der Waals surface area contributed by atoms with Crippen LogP contribution in [-0.2, 0) is 0 Å². The number of piperazine rings is 1. The molecule has 1 N–H and O–H groups in total. The summed E-state index contributed by atoms with van der Waals surface area (Å²) in [7, 11) is 0. The average molecular weight is 280 g/mol. The first-order chi connectivity index (χ1) is 9.40. The third-order valence-electron chi connectivity index (χ3n) is 4.26. The highest BCUT2D eigenvalue weighted by atomic mass is 15.3. The molecule has 4 nitrogen and oxygen atoms in total. The first-order valence-electron chi connectivity index (χ1n) is 8.05. The van der Waals surface area contributed by atoms with E-state index in [0.717, 1.165) is 32.5 Å². The molecule has 2 unspecified atom stereocenters. The van der Waals surface area contributed by atoms with Gasteiger partial charge in [-0.25, -0.2) is 0 Å². The van der Waals surface area contributed by atoms with E-state index in [2.05, 4.69) is 48.9 Å². The van der Waals surface area contributed by atoms with Crippen LogP contribution in [0.5, 0.6) is 0 Å². The molecule has 1 aliphatic heterocycles. The van der Waals surface area contributed by atoms with Gasteiger partial charge >= 0.3 is 0 Å². The van der Waals surface area contributed by atoms with Gasteiger partial charge in [0.15, 0.2) is 0 Å². The van der Waals surface area contributed by atoms with Crippen LogP contribution < -0.4 is 5.32 Å². The Bertz CT molecular complexity index is 323. The van der Waals surface area contributed by atoms with Gasteiger partial charge < -0.3 is 4.90 Å². The highest BCUT2D eigenvalue weighted by Crippen LogP contribution is 2.15. The summed E-state index contributed by atoms with van der Waals surface area (Å²) in [5.41, 5.74) is -0.384. The van der Waals surface area contributed by atoms with Crippen molar-refractivity contribution in [1.82, 2.24) is 15.1 Å². The lowest BCUT2D eigenvalue weighted by Gasteiger charge is -2.39. The summed E-state index contributed by atoms with van der Waals surface area (Å²) >= 11 is 0. The molecule has 0 amide bonds. The molecule has 1 rings (SSSR count). The molecule has 0 spiro atoms. The van der Waals surface area contributed by atoms with Crippen molar-refractivity contribution >= 4 is 0 Å². The fourth-order valence-corrected chi connectivity index (χ4v) is 3.20. The van der Waals surface area contributed by atoms with Crippen LogP contribution in [-0.4, -0.2) is 60.1 Å². The second-order valence-corrected chi connectivity index (χ2v) is 6.62. The molecule has 1 heterocycles. The molecule has 116 valence electrons. The van der Waals surface area contributed by atoms with Gasteiger partial charge in [0.1, 0.15) is 5.54 Å².